The van der Waals surface area contributed by atoms with Gasteiger partial charge in [0, 0.05) is 0 Å². The van der Waals surface area contributed by atoms with Crippen LogP contribution in [0.3, 0.4) is 0 Å². The Morgan fingerprint density at radius 3 is 1.87 bits per heavy atom. The predicted octanol–water partition coefficient (Wildman–Crippen LogP) is 4.76. The van der Waals surface area contributed by atoms with E-state index in [1.807, 2.05) is 0 Å². The molecule has 0 amide bonds. The molecule has 3 N–H and O–H groups in total. The third-order valence-corrected chi connectivity index (χ3v) is 3.66. The molecule has 0 fully saturated rings. The Hall–Kier alpha value is -3.20. The number of carboxylic acids is 1. The van der Waals surface area contributed by atoms with E-state index in [9.17, 15) is 44.3 Å². The topological polar surface area (TPSA) is 73.0 Å². The lowest BCUT2D eigenvalue weighted by Crippen LogP contribution is -2.66. The minimum Gasteiger partial charge on any atom is -0.478 e. The molecule has 0 heterocycles. The molecule has 0 spiro atoms. The quantitative estimate of drug-likeness (QED) is 0.289. The van der Waals surface area contributed by atoms with E-state index in [4.69, 9.17) is 10.9 Å². The van der Waals surface area contributed by atoms with Crippen LogP contribution in [0, 0.1) is 0 Å². The van der Waals surface area contributed by atoms with Gasteiger partial charge >= 0.3 is 24.7 Å². The van der Waals surface area contributed by atoms with Gasteiger partial charge in [0.2, 0.25) is 0 Å². The highest BCUT2D eigenvalue weighted by molar-refractivity contribution is 5.94. The Bertz CT molecular complexity index is 930. The first-order valence-electron chi connectivity index (χ1n) is 7.83. The van der Waals surface area contributed by atoms with Crippen molar-refractivity contribution in [3.63, 3.8) is 0 Å². The normalized spacial score (nSPS) is 12.7. The second-order valence-corrected chi connectivity index (χ2v) is 5.75. The van der Waals surface area contributed by atoms with E-state index >= 15 is 0 Å². The number of halogens is 9. The second kappa shape index (κ2) is 8.14. The Morgan fingerprint density at radius 1 is 0.839 bits per heavy atom. The molecule has 0 aromatic heterocycles. The van der Waals surface area contributed by atoms with Gasteiger partial charge in [0.15, 0.2) is 0 Å². The predicted molar refractivity (Wildman–Crippen MR) is 87.9 cm³/mol. The summed E-state index contributed by atoms with van der Waals surface area (Å²) in [5.74, 6) is 3.67. The summed E-state index contributed by atoms with van der Waals surface area (Å²) >= 11 is 0. The summed E-state index contributed by atoms with van der Waals surface area (Å²) in [6.45, 7) is 0. The number of nitrogens with zero attached hydrogens (tertiary/aromatic N) is 3. The number of para-hydroxylation sites is 1. The number of hydrogen-bond acceptors (Lipinski definition) is 5. The number of carbonyl (C=O) groups is 1. The Morgan fingerprint density at radius 2 is 1.39 bits per heavy atom. The van der Waals surface area contributed by atoms with Crippen LogP contribution in [0.4, 0.5) is 50.9 Å². The Balaban J connectivity index is 2.80. The van der Waals surface area contributed by atoms with E-state index < -0.39 is 57.4 Å². The minimum atomic E-state index is -6.22. The number of nitrogens with two attached hydrogens (primary N) is 1. The third kappa shape index (κ3) is 5.29. The number of aromatic carboxylic acids is 1. The lowest BCUT2D eigenvalue weighted by molar-refractivity contribution is -0.377. The zero-order valence-electron chi connectivity index (χ0n) is 14.8. The fourth-order valence-electron chi connectivity index (χ4n) is 2.46. The van der Waals surface area contributed by atoms with Crippen LogP contribution in [0.15, 0.2) is 48.5 Å². The molecule has 0 saturated carbocycles. The number of carboxylic acid groups (broad SMARTS) is 1. The number of hydrazine groups is 3. The zero-order chi connectivity index (χ0) is 23.8. The molecule has 0 atom stereocenters. The number of hydrogen-bond donors (Lipinski definition) is 2. The van der Waals surface area contributed by atoms with Crippen molar-refractivity contribution in [2.24, 2.45) is 5.84 Å². The first-order valence-corrected chi connectivity index (χ1v) is 7.83. The standard InChI is InChI=1S/C16H11F9N4O2/c17-14(18,19)9-4-3-5-10(8-9)28(29(15(20,21)22)16(23,24)25)27(26)12-7-2-1-6-11(12)13(30)31/h1-8H,26H2,(H,30,31). The van der Waals surface area contributed by atoms with Crippen molar-refractivity contribution >= 4 is 17.3 Å². The molecule has 0 saturated heterocycles. The largest absolute Gasteiger partial charge is 0.486 e. The van der Waals surface area contributed by atoms with Crippen molar-refractivity contribution in [1.29, 1.82) is 0 Å². The van der Waals surface area contributed by atoms with Crippen molar-refractivity contribution < 1.29 is 49.4 Å². The summed E-state index contributed by atoms with van der Waals surface area (Å²) < 4.78 is 119. The average molecular weight is 462 g/mol. The smallest absolute Gasteiger partial charge is 0.478 e. The highest BCUT2D eigenvalue weighted by atomic mass is 19.4. The van der Waals surface area contributed by atoms with Gasteiger partial charge in [0.25, 0.3) is 0 Å². The zero-order valence-corrected chi connectivity index (χ0v) is 14.8. The van der Waals surface area contributed by atoms with Gasteiger partial charge in [-0.3, -0.25) is 0 Å². The fourth-order valence-corrected chi connectivity index (χ4v) is 2.46. The number of alkyl halides is 9. The minimum absolute atomic E-state index is 0.00623. The lowest BCUT2D eigenvalue weighted by Gasteiger charge is -2.42. The summed E-state index contributed by atoms with van der Waals surface area (Å²) in [4.78, 5) is 11.3. The molecule has 2 aromatic carbocycles. The Kier molecular flexibility index (Phi) is 6.32. The van der Waals surface area contributed by atoms with Crippen LogP contribution in [0.5, 0.6) is 0 Å². The van der Waals surface area contributed by atoms with Gasteiger partial charge in [-0.25, -0.2) is 15.8 Å². The highest BCUT2D eigenvalue weighted by Crippen LogP contribution is 2.40. The summed E-state index contributed by atoms with van der Waals surface area (Å²) in [6, 6.07) is 5.24. The van der Waals surface area contributed by atoms with Crippen LogP contribution in [-0.4, -0.2) is 28.7 Å². The fraction of sp³-hybridized carbons (Fsp3) is 0.188. The molecule has 31 heavy (non-hydrogen) atoms. The monoisotopic (exact) mass is 462 g/mol. The molecular formula is C16H11F9N4O2. The number of benzene rings is 2. The molecule has 6 nitrogen and oxygen atoms in total. The molecule has 0 bridgehead atoms. The summed E-state index contributed by atoms with van der Waals surface area (Å²) in [5.41, 5.74) is -4.55. The first kappa shape index (κ1) is 24.1. The van der Waals surface area contributed by atoms with Gasteiger partial charge < -0.3 is 5.11 Å². The molecule has 0 unspecified atom stereocenters. The van der Waals surface area contributed by atoms with Crippen LogP contribution >= 0.6 is 0 Å². The third-order valence-electron chi connectivity index (χ3n) is 3.66. The number of anilines is 2. The molecule has 2 rings (SSSR count). The van der Waals surface area contributed by atoms with Gasteiger partial charge in [0.1, 0.15) is 0 Å². The second-order valence-electron chi connectivity index (χ2n) is 5.75. The van der Waals surface area contributed by atoms with Crippen molar-refractivity contribution in [2.45, 2.75) is 18.8 Å². The summed E-state index contributed by atoms with van der Waals surface area (Å²) in [5, 5.41) is 5.77. The molecular weight excluding hydrogens is 451 g/mol. The first-order chi connectivity index (χ1) is 14.0. The van der Waals surface area contributed by atoms with Crippen LogP contribution in [-0.2, 0) is 6.18 Å². The molecule has 15 heteroatoms. The van der Waals surface area contributed by atoms with E-state index in [-0.39, 0.29) is 11.2 Å². The Labute approximate surface area is 167 Å². The van der Waals surface area contributed by atoms with Gasteiger partial charge in [0.05, 0.1) is 22.5 Å². The van der Waals surface area contributed by atoms with Crippen molar-refractivity contribution in [2.75, 3.05) is 10.2 Å². The van der Waals surface area contributed by atoms with Crippen molar-refractivity contribution in [3.05, 3.63) is 59.7 Å². The maximum atomic E-state index is 13.4. The summed E-state index contributed by atoms with van der Waals surface area (Å²) in [7, 11) is 0. The van der Waals surface area contributed by atoms with Gasteiger partial charge in [-0.15, -0.1) is 0 Å². The average Bonchev–Trinajstić information content (AvgIpc) is 2.62. The molecule has 0 aliphatic heterocycles. The maximum absolute atomic E-state index is 13.4. The van der Waals surface area contributed by atoms with Gasteiger partial charge in [-0.05, 0) is 35.3 Å². The number of rotatable bonds is 5. The van der Waals surface area contributed by atoms with Crippen molar-refractivity contribution in [3.8, 4) is 0 Å². The van der Waals surface area contributed by atoms with Crippen LogP contribution < -0.4 is 16.1 Å². The van der Waals surface area contributed by atoms with Crippen molar-refractivity contribution in [1.82, 2.24) is 5.01 Å². The van der Waals surface area contributed by atoms with Crippen LogP contribution in [0.2, 0.25) is 0 Å². The molecule has 0 aliphatic carbocycles. The van der Waals surface area contributed by atoms with E-state index in [2.05, 4.69) is 0 Å². The molecule has 2 aromatic rings. The van der Waals surface area contributed by atoms with E-state index in [1.54, 1.807) is 0 Å². The van der Waals surface area contributed by atoms with E-state index in [1.165, 1.54) is 0 Å². The van der Waals surface area contributed by atoms with Crippen LogP contribution in [0.25, 0.3) is 0 Å². The maximum Gasteiger partial charge on any atom is 0.486 e. The van der Waals surface area contributed by atoms with Crippen LogP contribution in [0.1, 0.15) is 15.9 Å². The molecule has 0 aliphatic rings. The lowest BCUT2D eigenvalue weighted by atomic mass is 10.2. The molecule has 170 valence electrons. The highest BCUT2D eigenvalue weighted by Gasteiger charge is 2.59. The summed E-state index contributed by atoms with van der Waals surface area (Å²) in [6.07, 6.45) is -17.5. The van der Waals surface area contributed by atoms with E-state index in [0.717, 1.165) is 24.3 Å². The van der Waals surface area contributed by atoms with Gasteiger partial charge in [-0.1, -0.05) is 18.2 Å². The molecule has 0 radical (unpaired) electrons. The van der Waals surface area contributed by atoms with Gasteiger partial charge in [-0.2, -0.15) is 44.6 Å². The SMILES string of the molecule is NN(c1ccccc1C(=O)O)N(c1cccc(C(F)(F)F)c1)N(C(F)(F)F)C(F)(F)F. The van der Waals surface area contributed by atoms with E-state index in [0.29, 0.717) is 18.2 Å².